The molecule has 0 spiro atoms. The molecule has 23 heavy (non-hydrogen) atoms. The first-order chi connectivity index (χ1) is 11.1. The van der Waals surface area contributed by atoms with Crippen LogP contribution >= 0.6 is 0 Å². The van der Waals surface area contributed by atoms with Crippen molar-refractivity contribution in [1.82, 2.24) is 0 Å². The summed E-state index contributed by atoms with van der Waals surface area (Å²) in [4.78, 5) is 0. The lowest BCUT2D eigenvalue weighted by molar-refractivity contribution is 0.0339. The van der Waals surface area contributed by atoms with E-state index in [0.29, 0.717) is 5.41 Å². The standard InChI is InChI=1S/C12H26O.C9H20O/c1-5-9-10-13-11-12(6-2,7-3)8-4;1-4-6-7-10-8-9(3)5-2/h5-11H2,1-4H3;9H,4-8H2,1-3H3. The molecule has 0 fully saturated rings. The Hall–Kier alpha value is -0.0800. The molecule has 0 rings (SSSR count). The molecule has 0 aromatic carbocycles. The van der Waals surface area contributed by atoms with Gasteiger partial charge in [0.15, 0.2) is 0 Å². The van der Waals surface area contributed by atoms with Crippen molar-refractivity contribution in [3.63, 3.8) is 0 Å². The lowest BCUT2D eigenvalue weighted by Crippen LogP contribution is -2.24. The Morgan fingerprint density at radius 2 is 1.22 bits per heavy atom. The van der Waals surface area contributed by atoms with Crippen LogP contribution in [0.15, 0.2) is 0 Å². The number of hydrogen-bond acceptors (Lipinski definition) is 2. The second-order valence-corrected chi connectivity index (χ2v) is 6.91. The zero-order valence-corrected chi connectivity index (χ0v) is 17.4. The number of ether oxygens (including phenoxy) is 2. The quantitative estimate of drug-likeness (QED) is 0.324. The molecule has 0 radical (unpaired) electrons. The van der Waals surface area contributed by atoms with Crippen molar-refractivity contribution >= 4 is 0 Å². The van der Waals surface area contributed by atoms with Crippen molar-refractivity contribution in [3.05, 3.63) is 0 Å². The van der Waals surface area contributed by atoms with Crippen LogP contribution in [-0.2, 0) is 9.47 Å². The van der Waals surface area contributed by atoms with Gasteiger partial charge in [-0.25, -0.2) is 0 Å². The van der Waals surface area contributed by atoms with Crippen LogP contribution in [0.25, 0.3) is 0 Å². The summed E-state index contributed by atoms with van der Waals surface area (Å²) in [6.45, 7) is 19.4. The maximum Gasteiger partial charge on any atom is 0.0522 e. The molecule has 1 unspecified atom stereocenters. The van der Waals surface area contributed by atoms with E-state index in [1.807, 2.05) is 0 Å². The van der Waals surface area contributed by atoms with Crippen LogP contribution in [0.1, 0.15) is 99.8 Å². The monoisotopic (exact) mass is 330 g/mol. The Balaban J connectivity index is 0. The Bertz CT molecular complexity index is 204. The van der Waals surface area contributed by atoms with E-state index in [-0.39, 0.29) is 0 Å². The summed E-state index contributed by atoms with van der Waals surface area (Å²) in [5.74, 6) is 0.733. The minimum Gasteiger partial charge on any atom is -0.381 e. The summed E-state index contributed by atoms with van der Waals surface area (Å²) < 4.78 is 11.1. The van der Waals surface area contributed by atoms with Gasteiger partial charge < -0.3 is 9.47 Å². The maximum absolute atomic E-state index is 5.71. The van der Waals surface area contributed by atoms with Gasteiger partial charge in [-0.1, -0.05) is 67.7 Å². The predicted octanol–water partition coefficient (Wildman–Crippen LogP) is 6.87. The minimum absolute atomic E-state index is 0.452. The summed E-state index contributed by atoms with van der Waals surface area (Å²) in [6, 6.07) is 0. The molecule has 0 saturated heterocycles. The smallest absolute Gasteiger partial charge is 0.0522 e. The van der Waals surface area contributed by atoms with Gasteiger partial charge in [0.2, 0.25) is 0 Å². The van der Waals surface area contributed by atoms with Crippen molar-refractivity contribution in [2.45, 2.75) is 99.8 Å². The highest BCUT2D eigenvalue weighted by molar-refractivity contribution is 4.74. The van der Waals surface area contributed by atoms with E-state index in [4.69, 9.17) is 9.47 Å². The van der Waals surface area contributed by atoms with Crippen LogP contribution in [0.2, 0.25) is 0 Å². The number of hydrogen-bond donors (Lipinski definition) is 0. The molecular formula is C21H46O2. The molecule has 0 heterocycles. The second-order valence-electron chi connectivity index (χ2n) is 6.91. The number of unbranched alkanes of at least 4 members (excludes halogenated alkanes) is 2. The summed E-state index contributed by atoms with van der Waals surface area (Å²) in [6.07, 6.45) is 9.83. The van der Waals surface area contributed by atoms with Crippen LogP contribution in [0.3, 0.4) is 0 Å². The average Bonchev–Trinajstić information content (AvgIpc) is 2.60. The summed E-state index contributed by atoms with van der Waals surface area (Å²) in [5, 5.41) is 0. The Kier molecular flexibility index (Phi) is 20.0. The van der Waals surface area contributed by atoms with Gasteiger partial charge in [-0.05, 0) is 43.4 Å². The van der Waals surface area contributed by atoms with E-state index in [1.54, 1.807) is 0 Å². The van der Waals surface area contributed by atoms with Gasteiger partial charge >= 0.3 is 0 Å². The van der Waals surface area contributed by atoms with Gasteiger partial charge in [0.25, 0.3) is 0 Å². The molecule has 0 N–H and O–H groups in total. The van der Waals surface area contributed by atoms with Crippen LogP contribution in [0.4, 0.5) is 0 Å². The molecule has 142 valence electrons. The summed E-state index contributed by atoms with van der Waals surface area (Å²) in [7, 11) is 0. The van der Waals surface area contributed by atoms with E-state index in [1.165, 1.54) is 51.4 Å². The lowest BCUT2D eigenvalue weighted by Gasteiger charge is -2.30. The zero-order chi connectivity index (χ0) is 18.0. The lowest BCUT2D eigenvalue weighted by atomic mass is 9.81. The second kappa shape index (κ2) is 18.3. The molecule has 0 aliphatic carbocycles. The Morgan fingerprint density at radius 1 is 0.739 bits per heavy atom. The fraction of sp³-hybridized carbons (Fsp3) is 1.00. The highest BCUT2D eigenvalue weighted by Crippen LogP contribution is 2.30. The topological polar surface area (TPSA) is 18.5 Å². The van der Waals surface area contributed by atoms with Crippen molar-refractivity contribution in [2.24, 2.45) is 11.3 Å². The SMILES string of the molecule is CCCCOCC(C)CC.CCCCOCC(CC)(CC)CC. The first kappa shape index (κ1) is 25.2. The number of rotatable bonds is 14. The van der Waals surface area contributed by atoms with Crippen molar-refractivity contribution in [1.29, 1.82) is 0 Å². The van der Waals surface area contributed by atoms with E-state index >= 15 is 0 Å². The van der Waals surface area contributed by atoms with Crippen LogP contribution < -0.4 is 0 Å². The zero-order valence-electron chi connectivity index (χ0n) is 17.4. The van der Waals surface area contributed by atoms with Crippen molar-refractivity contribution in [3.8, 4) is 0 Å². The van der Waals surface area contributed by atoms with Crippen LogP contribution in [0.5, 0.6) is 0 Å². The van der Waals surface area contributed by atoms with Crippen LogP contribution in [0, 0.1) is 11.3 Å². The molecule has 0 amide bonds. The van der Waals surface area contributed by atoms with Crippen molar-refractivity contribution in [2.75, 3.05) is 26.4 Å². The first-order valence-electron chi connectivity index (χ1n) is 10.2. The Morgan fingerprint density at radius 3 is 1.61 bits per heavy atom. The van der Waals surface area contributed by atoms with Gasteiger partial charge in [0, 0.05) is 19.8 Å². The fourth-order valence-corrected chi connectivity index (χ4v) is 2.24. The molecular weight excluding hydrogens is 284 g/mol. The first-order valence-corrected chi connectivity index (χ1v) is 10.2. The highest BCUT2D eigenvalue weighted by atomic mass is 16.5. The normalized spacial score (nSPS) is 12.7. The third-order valence-corrected chi connectivity index (χ3v) is 5.04. The fourth-order valence-electron chi connectivity index (χ4n) is 2.24. The van der Waals surface area contributed by atoms with Gasteiger partial charge in [-0.15, -0.1) is 0 Å². The summed E-state index contributed by atoms with van der Waals surface area (Å²) >= 11 is 0. The molecule has 0 saturated carbocycles. The molecule has 0 aliphatic rings. The van der Waals surface area contributed by atoms with Crippen molar-refractivity contribution < 1.29 is 9.47 Å². The van der Waals surface area contributed by atoms with Gasteiger partial charge in [-0.2, -0.15) is 0 Å². The van der Waals surface area contributed by atoms with Gasteiger partial charge in [0.05, 0.1) is 6.61 Å². The molecule has 0 aliphatic heterocycles. The average molecular weight is 331 g/mol. The van der Waals surface area contributed by atoms with E-state index in [9.17, 15) is 0 Å². The third-order valence-electron chi connectivity index (χ3n) is 5.04. The molecule has 1 atom stereocenters. The van der Waals surface area contributed by atoms with E-state index in [0.717, 1.165) is 32.3 Å². The van der Waals surface area contributed by atoms with Gasteiger partial charge in [0.1, 0.15) is 0 Å². The summed E-state index contributed by atoms with van der Waals surface area (Å²) in [5.41, 5.74) is 0.452. The minimum atomic E-state index is 0.452. The molecule has 0 aromatic heterocycles. The largest absolute Gasteiger partial charge is 0.381 e. The maximum atomic E-state index is 5.71. The molecule has 2 heteroatoms. The molecule has 0 aromatic rings. The molecule has 0 bridgehead atoms. The Labute approximate surface area is 147 Å². The van der Waals surface area contributed by atoms with E-state index < -0.39 is 0 Å². The molecule has 2 nitrogen and oxygen atoms in total. The highest BCUT2D eigenvalue weighted by Gasteiger charge is 2.23. The van der Waals surface area contributed by atoms with Gasteiger partial charge in [-0.3, -0.25) is 0 Å². The predicted molar refractivity (Wildman–Crippen MR) is 104 cm³/mol. The third kappa shape index (κ3) is 15.2. The van der Waals surface area contributed by atoms with Crippen LogP contribution in [-0.4, -0.2) is 26.4 Å². The van der Waals surface area contributed by atoms with E-state index in [2.05, 4.69) is 48.5 Å².